The molecule has 0 aliphatic carbocycles. The van der Waals surface area contributed by atoms with Gasteiger partial charge in [-0.05, 0) is 57.7 Å². The van der Waals surface area contributed by atoms with Crippen molar-refractivity contribution in [3.8, 4) is 0 Å². The van der Waals surface area contributed by atoms with Crippen molar-refractivity contribution in [1.29, 1.82) is 0 Å². The maximum absolute atomic E-state index is 9.39. The number of para-hydroxylation sites is 1. The topological polar surface area (TPSA) is 35.5 Å². The molecule has 1 heterocycles. The van der Waals surface area contributed by atoms with E-state index in [-0.39, 0.29) is 12.1 Å². The van der Waals surface area contributed by atoms with Gasteiger partial charge >= 0.3 is 0 Å². The fourth-order valence-corrected chi connectivity index (χ4v) is 2.94. The lowest BCUT2D eigenvalue weighted by Gasteiger charge is -2.32. The third-order valence-electron chi connectivity index (χ3n) is 4.57. The van der Waals surface area contributed by atoms with Crippen molar-refractivity contribution in [2.24, 2.45) is 0 Å². The predicted octanol–water partition coefficient (Wildman–Crippen LogP) is 2.58. The predicted molar refractivity (Wildman–Crippen MR) is 85.4 cm³/mol. The van der Waals surface area contributed by atoms with Gasteiger partial charge in [-0.2, -0.15) is 0 Å². The van der Waals surface area contributed by atoms with Crippen LogP contribution in [0.4, 0.5) is 5.69 Å². The van der Waals surface area contributed by atoms with Crippen LogP contribution in [0.2, 0.25) is 0 Å². The molecular weight excluding hydrogens is 248 g/mol. The number of nitrogens with zero attached hydrogens (tertiary/aromatic N) is 1. The zero-order valence-corrected chi connectivity index (χ0v) is 12.9. The van der Waals surface area contributed by atoms with E-state index in [1.165, 1.54) is 37.1 Å². The Morgan fingerprint density at radius 2 is 2.10 bits per heavy atom. The van der Waals surface area contributed by atoms with Gasteiger partial charge in [0.15, 0.2) is 0 Å². The minimum Gasteiger partial charge on any atom is -0.394 e. The summed E-state index contributed by atoms with van der Waals surface area (Å²) < 4.78 is 0. The zero-order valence-electron chi connectivity index (χ0n) is 12.9. The molecule has 1 aliphatic heterocycles. The summed E-state index contributed by atoms with van der Waals surface area (Å²) in [4.78, 5) is 2.52. The van der Waals surface area contributed by atoms with E-state index in [9.17, 15) is 5.11 Å². The van der Waals surface area contributed by atoms with E-state index in [1.54, 1.807) is 0 Å². The van der Waals surface area contributed by atoms with E-state index in [0.29, 0.717) is 0 Å². The lowest BCUT2D eigenvalue weighted by atomic mass is 9.95. The van der Waals surface area contributed by atoms with Gasteiger partial charge < -0.3 is 15.3 Å². The summed E-state index contributed by atoms with van der Waals surface area (Å²) in [5.41, 5.74) is 2.80. The molecule has 112 valence electrons. The lowest BCUT2D eigenvalue weighted by molar-refractivity contribution is 0.171. The Balaban J connectivity index is 1.81. The summed E-state index contributed by atoms with van der Waals surface area (Å²) in [6.45, 7) is 4.60. The Bertz CT molecular complexity index is 415. The molecule has 0 saturated carbocycles. The van der Waals surface area contributed by atoms with E-state index in [4.69, 9.17) is 0 Å². The molecule has 2 rings (SSSR count). The fraction of sp³-hybridized carbons (Fsp3) is 0.647. The third-order valence-corrected chi connectivity index (χ3v) is 4.57. The minimum absolute atomic E-state index is 0.125. The Labute approximate surface area is 123 Å². The normalized spacial score (nSPS) is 17.6. The van der Waals surface area contributed by atoms with Gasteiger partial charge in [0.2, 0.25) is 0 Å². The van der Waals surface area contributed by atoms with Gasteiger partial charge in [0, 0.05) is 24.3 Å². The van der Waals surface area contributed by atoms with Crippen LogP contribution in [0.15, 0.2) is 24.3 Å². The maximum Gasteiger partial charge on any atom is 0.0610 e. The first-order valence-corrected chi connectivity index (χ1v) is 7.81. The summed E-state index contributed by atoms with van der Waals surface area (Å²) in [5, 5.41) is 12.6. The van der Waals surface area contributed by atoms with Gasteiger partial charge in [0.1, 0.15) is 0 Å². The number of rotatable bonds is 7. The number of fused-ring (bicyclic) bond motifs is 1. The van der Waals surface area contributed by atoms with Crippen molar-refractivity contribution < 1.29 is 5.11 Å². The van der Waals surface area contributed by atoms with Crippen molar-refractivity contribution in [2.75, 3.05) is 31.6 Å². The van der Waals surface area contributed by atoms with Gasteiger partial charge in [-0.25, -0.2) is 0 Å². The smallest absolute Gasteiger partial charge is 0.0610 e. The molecule has 0 aromatic heterocycles. The second-order valence-corrected chi connectivity index (χ2v) is 6.15. The van der Waals surface area contributed by atoms with Crippen LogP contribution < -0.4 is 10.2 Å². The molecule has 0 radical (unpaired) electrons. The van der Waals surface area contributed by atoms with Crippen LogP contribution in [0.5, 0.6) is 0 Å². The fourth-order valence-electron chi connectivity index (χ4n) is 2.94. The molecule has 0 fully saturated rings. The molecular formula is C17H28N2O. The van der Waals surface area contributed by atoms with Crippen LogP contribution in [0.25, 0.3) is 0 Å². The molecule has 1 aromatic rings. The average Bonchev–Trinajstić information content (AvgIpc) is 2.51. The molecule has 0 saturated heterocycles. The van der Waals surface area contributed by atoms with Crippen molar-refractivity contribution in [3.63, 3.8) is 0 Å². The maximum atomic E-state index is 9.39. The summed E-state index contributed by atoms with van der Waals surface area (Å²) in [7, 11) is 1.93. The first-order chi connectivity index (χ1) is 9.68. The van der Waals surface area contributed by atoms with Crippen molar-refractivity contribution >= 4 is 5.69 Å². The van der Waals surface area contributed by atoms with Crippen LogP contribution in [0.1, 0.15) is 38.2 Å². The van der Waals surface area contributed by atoms with Crippen LogP contribution in [0, 0.1) is 0 Å². The van der Waals surface area contributed by atoms with Crippen LogP contribution in [0.3, 0.4) is 0 Å². The average molecular weight is 276 g/mol. The largest absolute Gasteiger partial charge is 0.394 e. The number of anilines is 1. The number of hydrogen-bond acceptors (Lipinski definition) is 3. The summed E-state index contributed by atoms with van der Waals surface area (Å²) in [5.74, 6) is 0. The highest BCUT2D eigenvalue weighted by Gasteiger charge is 2.20. The second-order valence-electron chi connectivity index (χ2n) is 6.15. The number of aliphatic hydroxyl groups is 1. The second kappa shape index (κ2) is 7.09. The van der Waals surface area contributed by atoms with E-state index < -0.39 is 0 Å². The monoisotopic (exact) mass is 276 g/mol. The van der Waals surface area contributed by atoms with E-state index in [2.05, 4.69) is 41.4 Å². The molecule has 1 aliphatic rings. The van der Waals surface area contributed by atoms with Crippen LogP contribution >= 0.6 is 0 Å². The van der Waals surface area contributed by atoms with E-state index >= 15 is 0 Å². The van der Waals surface area contributed by atoms with Gasteiger partial charge in [-0.15, -0.1) is 0 Å². The van der Waals surface area contributed by atoms with Gasteiger partial charge in [0.05, 0.1) is 6.61 Å². The standard InChI is InChI=1S/C17H28N2O/c1-17(14-20,18-2)11-5-6-12-19-13-7-9-15-8-3-4-10-16(15)19/h3-4,8,10,18,20H,5-7,9,11-14H2,1-2H3. The van der Waals surface area contributed by atoms with E-state index in [0.717, 1.165) is 19.4 Å². The van der Waals surface area contributed by atoms with E-state index in [1.807, 2.05) is 7.05 Å². The molecule has 1 unspecified atom stereocenters. The third kappa shape index (κ3) is 3.74. The number of aliphatic hydroxyl groups excluding tert-OH is 1. The summed E-state index contributed by atoms with van der Waals surface area (Å²) in [6.07, 6.45) is 5.84. The molecule has 3 heteroatoms. The lowest BCUT2D eigenvalue weighted by Crippen LogP contribution is -2.43. The van der Waals surface area contributed by atoms with Gasteiger partial charge in [0.25, 0.3) is 0 Å². The number of unbranched alkanes of at least 4 members (excludes halogenated alkanes) is 1. The van der Waals surface area contributed by atoms with Gasteiger partial charge in [-0.3, -0.25) is 0 Å². The Kier molecular flexibility index (Phi) is 5.44. The number of hydrogen-bond donors (Lipinski definition) is 2. The van der Waals surface area contributed by atoms with Gasteiger partial charge in [-0.1, -0.05) is 18.2 Å². The van der Waals surface area contributed by atoms with Crippen molar-refractivity contribution in [3.05, 3.63) is 29.8 Å². The quantitative estimate of drug-likeness (QED) is 0.751. The Morgan fingerprint density at radius 1 is 1.30 bits per heavy atom. The Morgan fingerprint density at radius 3 is 2.85 bits per heavy atom. The minimum atomic E-state index is -0.125. The molecule has 3 nitrogen and oxygen atoms in total. The SMILES string of the molecule is CNC(C)(CO)CCCCN1CCCc2ccccc21. The molecule has 1 aromatic carbocycles. The molecule has 0 bridgehead atoms. The molecule has 1 atom stereocenters. The molecule has 0 spiro atoms. The molecule has 0 amide bonds. The number of nitrogens with one attached hydrogen (secondary N) is 1. The summed E-state index contributed by atoms with van der Waals surface area (Å²) >= 11 is 0. The van der Waals surface area contributed by atoms with Crippen LogP contribution in [-0.4, -0.2) is 37.4 Å². The first kappa shape index (κ1) is 15.3. The zero-order chi connectivity index (χ0) is 14.4. The first-order valence-electron chi connectivity index (χ1n) is 7.81. The highest BCUT2D eigenvalue weighted by Crippen LogP contribution is 2.27. The summed E-state index contributed by atoms with van der Waals surface area (Å²) in [6, 6.07) is 8.79. The van der Waals surface area contributed by atoms with Crippen molar-refractivity contribution in [2.45, 2.75) is 44.6 Å². The van der Waals surface area contributed by atoms with Crippen molar-refractivity contribution in [1.82, 2.24) is 5.32 Å². The highest BCUT2D eigenvalue weighted by atomic mass is 16.3. The van der Waals surface area contributed by atoms with Crippen LogP contribution in [-0.2, 0) is 6.42 Å². The number of likely N-dealkylation sites (N-methyl/N-ethyl adjacent to an activating group) is 1. The Hall–Kier alpha value is -1.06. The number of aryl methyl sites for hydroxylation is 1. The molecule has 20 heavy (non-hydrogen) atoms. The number of benzene rings is 1. The highest BCUT2D eigenvalue weighted by molar-refractivity contribution is 5.55. The molecule has 2 N–H and O–H groups in total.